The third-order valence-electron chi connectivity index (χ3n) is 3.36. The van der Waals surface area contributed by atoms with Gasteiger partial charge in [-0.05, 0) is 6.42 Å². The van der Waals surface area contributed by atoms with Gasteiger partial charge >= 0.3 is 0 Å². The number of hydrogen-bond donors (Lipinski definition) is 1. The fraction of sp³-hybridized carbons (Fsp3) is 1.00. The van der Waals surface area contributed by atoms with E-state index in [0.29, 0.717) is 0 Å². The molecule has 0 bridgehead atoms. The van der Waals surface area contributed by atoms with Gasteiger partial charge in [0.05, 0.1) is 32.6 Å². The van der Waals surface area contributed by atoms with Crippen LogP contribution in [0.3, 0.4) is 0 Å². The van der Waals surface area contributed by atoms with Crippen molar-refractivity contribution in [1.82, 2.24) is 9.80 Å². The van der Waals surface area contributed by atoms with Crippen LogP contribution in [0.25, 0.3) is 0 Å². The van der Waals surface area contributed by atoms with Crippen molar-refractivity contribution in [2.24, 2.45) is 5.73 Å². The summed E-state index contributed by atoms with van der Waals surface area (Å²) in [6.07, 6.45) is 1.23. The molecule has 0 saturated carbocycles. The summed E-state index contributed by atoms with van der Waals surface area (Å²) in [6, 6.07) is 0. The molecular formula is C11H23N3O2. The Morgan fingerprint density at radius 1 is 0.938 bits per heavy atom. The third-order valence-corrected chi connectivity index (χ3v) is 3.36. The molecule has 2 saturated heterocycles. The van der Waals surface area contributed by atoms with Crippen LogP contribution in [0.15, 0.2) is 0 Å². The normalized spacial score (nSPS) is 26.8. The van der Waals surface area contributed by atoms with Crippen molar-refractivity contribution in [3.8, 4) is 0 Å². The molecule has 1 atom stereocenters. The quantitative estimate of drug-likeness (QED) is 0.692. The first-order chi connectivity index (χ1) is 7.86. The molecule has 0 amide bonds. The molecule has 2 rings (SSSR count). The Hall–Kier alpha value is -0.200. The van der Waals surface area contributed by atoms with Crippen LogP contribution in [0.5, 0.6) is 0 Å². The number of nitrogens with zero attached hydrogens (tertiary/aromatic N) is 2. The van der Waals surface area contributed by atoms with Crippen molar-refractivity contribution in [3.05, 3.63) is 0 Å². The fourth-order valence-electron chi connectivity index (χ4n) is 2.23. The smallest absolute Gasteiger partial charge is 0.0594 e. The topological polar surface area (TPSA) is 51.0 Å². The molecular weight excluding hydrogens is 206 g/mol. The fourth-order valence-corrected chi connectivity index (χ4v) is 2.23. The van der Waals surface area contributed by atoms with Crippen LogP contribution in [0, 0.1) is 0 Å². The van der Waals surface area contributed by atoms with Gasteiger partial charge in [-0.2, -0.15) is 0 Å². The van der Waals surface area contributed by atoms with Gasteiger partial charge in [0.1, 0.15) is 0 Å². The van der Waals surface area contributed by atoms with E-state index in [0.717, 1.165) is 65.6 Å². The van der Waals surface area contributed by atoms with E-state index >= 15 is 0 Å². The van der Waals surface area contributed by atoms with Gasteiger partial charge in [-0.3, -0.25) is 9.80 Å². The number of nitrogens with two attached hydrogens (primary N) is 1. The lowest BCUT2D eigenvalue weighted by atomic mass is 10.2. The first kappa shape index (κ1) is 12.3. The highest BCUT2D eigenvalue weighted by Gasteiger charge is 2.18. The largest absolute Gasteiger partial charge is 0.379 e. The Balaban J connectivity index is 1.63. The molecule has 1 unspecified atom stereocenters. The van der Waals surface area contributed by atoms with E-state index in [-0.39, 0.29) is 6.17 Å². The van der Waals surface area contributed by atoms with Crippen molar-refractivity contribution in [3.63, 3.8) is 0 Å². The van der Waals surface area contributed by atoms with Crippen molar-refractivity contribution < 1.29 is 9.47 Å². The number of hydrogen-bond acceptors (Lipinski definition) is 5. The number of morpholine rings is 2. The average molecular weight is 229 g/mol. The first-order valence-corrected chi connectivity index (χ1v) is 6.24. The maximum absolute atomic E-state index is 6.18. The van der Waals surface area contributed by atoms with Crippen LogP contribution < -0.4 is 5.73 Å². The highest BCUT2D eigenvalue weighted by molar-refractivity contribution is 4.71. The van der Waals surface area contributed by atoms with E-state index in [1.54, 1.807) is 0 Å². The van der Waals surface area contributed by atoms with Gasteiger partial charge in [0.2, 0.25) is 0 Å². The summed E-state index contributed by atoms with van der Waals surface area (Å²) >= 11 is 0. The summed E-state index contributed by atoms with van der Waals surface area (Å²) in [5.41, 5.74) is 6.18. The molecule has 0 aromatic rings. The monoisotopic (exact) mass is 229 g/mol. The van der Waals surface area contributed by atoms with Crippen molar-refractivity contribution in [1.29, 1.82) is 0 Å². The summed E-state index contributed by atoms with van der Waals surface area (Å²) in [4.78, 5) is 4.76. The second kappa shape index (κ2) is 6.51. The zero-order valence-corrected chi connectivity index (χ0v) is 9.94. The van der Waals surface area contributed by atoms with Gasteiger partial charge in [0.15, 0.2) is 0 Å². The number of rotatable bonds is 4. The van der Waals surface area contributed by atoms with E-state index < -0.39 is 0 Å². The molecule has 2 heterocycles. The molecule has 0 aromatic heterocycles. The Bertz CT molecular complexity index is 192. The lowest BCUT2D eigenvalue weighted by Gasteiger charge is -2.34. The zero-order chi connectivity index (χ0) is 11.2. The Morgan fingerprint density at radius 2 is 1.50 bits per heavy atom. The van der Waals surface area contributed by atoms with Crippen molar-refractivity contribution in [2.75, 3.05) is 59.2 Å². The van der Waals surface area contributed by atoms with E-state index in [4.69, 9.17) is 15.2 Å². The highest BCUT2D eigenvalue weighted by Crippen LogP contribution is 2.05. The van der Waals surface area contributed by atoms with Gasteiger partial charge in [0, 0.05) is 32.7 Å². The summed E-state index contributed by atoms with van der Waals surface area (Å²) in [5, 5.41) is 0. The van der Waals surface area contributed by atoms with Crippen LogP contribution >= 0.6 is 0 Å². The predicted molar refractivity (Wildman–Crippen MR) is 62.2 cm³/mol. The zero-order valence-electron chi connectivity index (χ0n) is 9.94. The molecule has 2 aliphatic heterocycles. The Labute approximate surface area is 97.5 Å². The first-order valence-electron chi connectivity index (χ1n) is 6.24. The lowest BCUT2D eigenvalue weighted by molar-refractivity contribution is 0.00672. The van der Waals surface area contributed by atoms with Crippen molar-refractivity contribution >= 4 is 0 Å². The minimum absolute atomic E-state index is 0.187. The van der Waals surface area contributed by atoms with E-state index in [1.807, 2.05) is 0 Å². The number of ether oxygens (including phenoxy) is 2. The van der Waals surface area contributed by atoms with Gasteiger partial charge < -0.3 is 15.2 Å². The Morgan fingerprint density at radius 3 is 2.12 bits per heavy atom. The maximum atomic E-state index is 6.18. The van der Waals surface area contributed by atoms with E-state index in [9.17, 15) is 0 Å². The summed E-state index contributed by atoms with van der Waals surface area (Å²) in [6.45, 7) is 8.53. The maximum Gasteiger partial charge on any atom is 0.0594 e. The minimum Gasteiger partial charge on any atom is -0.379 e. The van der Waals surface area contributed by atoms with Crippen LogP contribution in [-0.4, -0.2) is 75.1 Å². The summed E-state index contributed by atoms with van der Waals surface area (Å²) in [7, 11) is 0. The molecule has 0 radical (unpaired) electrons. The standard InChI is InChI=1S/C11H23N3O2/c12-11(14-5-9-16-10-6-14)1-2-13-3-7-15-8-4-13/h11H,1-10,12H2. The lowest BCUT2D eigenvalue weighted by Crippen LogP contribution is -2.50. The van der Waals surface area contributed by atoms with E-state index in [2.05, 4.69) is 9.80 Å². The second-order valence-electron chi connectivity index (χ2n) is 4.46. The highest BCUT2D eigenvalue weighted by atomic mass is 16.5. The minimum atomic E-state index is 0.187. The molecule has 0 aromatic carbocycles. The van der Waals surface area contributed by atoms with Gasteiger partial charge in [-0.15, -0.1) is 0 Å². The second-order valence-corrected chi connectivity index (χ2v) is 4.46. The average Bonchev–Trinajstić information content (AvgIpc) is 2.38. The van der Waals surface area contributed by atoms with Gasteiger partial charge in [0.25, 0.3) is 0 Å². The van der Waals surface area contributed by atoms with Crippen LogP contribution in [0.1, 0.15) is 6.42 Å². The molecule has 16 heavy (non-hydrogen) atoms. The predicted octanol–water partition coefficient (Wildman–Crippen LogP) is -0.674. The van der Waals surface area contributed by atoms with Crippen LogP contribution in [-0.2, 0) is 9.47 Å². The third kappa shape index (κ3) is 3.68. The molecule has 2 fully saturated rings. The van der Waals surface area contributed by atoms with Crippen molar-refractivity contribution in [2.45, 2.75) is 12.6 Å². The van der Waals surface area contributed by atoms with E-state index in [1.165, 1.54) is 0 Å². The van der Waals surface area contributed by atoms with Gasteiger partial charge in [-0.1, -0.05) is 0 Å². The summed E-state index contributed by atoms with van der Waals surface area (Å²) in [5.74, 6) is 0. The molecule has 94 valence electrons. The summed E-state index contributed by atoms with van der Waals surface area (Å²) < 4.78 is 10.6. The van der Waals surface area contributed by atoms with Gasteiger partial charge in [-0.25, -0.2) is 0 Å². The van der Waals surface area contributed by atoms with Crippen LogP contribution in [0.2, 0.25) is 0 Å². The molecule has 0 spiro atoms. The molecule has 5 nitrogen and oxygen atoms in total. The molecule has 2 N–H and O–H groups in total. The van der Waals surface area contributed by atoms with Crippen LogP contribution in [0.4, 0.5) is 0 Å². The molecule has 5 heteroatoms. The Kier molecular flexibility index (Phi) is 4.99. The SMILES string of the molecule is NC(CCN1CCOCC1)N1CCOCC1. The molecule has 0 aliphatic carbocycles. The molecule has 2 aliphatic rings.